The molecule has 0 aromatic heterocycles. The van der Waals surface area contributed by atoms with Crippen LogP contribution in [0, 0.1) is 23.7 Å². The molecule has 0 aromatic rings. The van der Waals surface area contributed by atoms with Crippen LogP contribution in [0.3, 0.4) is 0 Å². The summed E-state index contributed by atoms with van der Waals surface area (Å²) < 4.78 is 0. The van der Waals surface area contributed by atoms with Crippen molar-refractivity contribution < 1.29 is 4.79 Å². The summed E-state index contributed by atoms with van der Waals surface area (Å²) in [4.78, 5) is 15.4. The van der Waals surface area contributed by atoms with Crippen molar-refractivity contribution in [2.24, 2.45) is 23.7 Å². The topological polar surface area (TPSA) is 32.3 Å². The van der Waals surface area contributed by atoms with Crippen LogP contribution < -0.4 is 5.32 Å². The van der Waals surface area contributed by atoms with Crippen molar-refractivity contribution >= 4 is 5.91 Å². The quantitative estimate of drug-likeness (QED) is 0.187. The van der Waals surface area contributed by atoms with Crippen LogP contribution in [-0.4, -0.2) is 36.5 Å². The van der Waals surface area contributed by atoms with Crippen LogP contribution in [0.1, 0.15) is 113 Å². The van der Waals surface area contributed by atoms with E-state index in [-0.39, 0.29) is 5.91 Å². The molecule has 0 heterocycles. The Morgan fingerprint density at radius 2 is 1.51 bits per heavy atom. The lowest BCUT2D eigenvalue weighted by Gasteiger charge is -2.47. The van der Waals surface area contributed by atoms with E-state index in [0.29, 0.717) is 12.6 Å². The zero-order valence-electron chi connectivity index (χ0n) is 25.5. The Balaban J connectivity index is 2.03. The molecule has 0 aliphatic heterocycles. The fraction of sp³-hybridized carbons (Fsp3) is 0.735. The Morgan fingerprint density at radius 3 is 2.14 bits per heavy atom. The Kier molecular flexibility index (Phi) is 14.0. The van der Waals surface area contributed by atoms with Crippen molar-refractivity contribution in [3.05, 3.63) is 46.6 Å². The number of carbonyl (C=O) groups excluding carboxylic acids is 1. The summed E-state index contributed by atoms with van der Waals surface area (Å²) >= 11 is 0. The highest BCUT2D eigenvalue weighted by atomic mass is 16.2. The lowest BCUT2D eigenvalue weighted by molar-refractivity contribution is -0.125. The lowest BCUT2D eigenvalue weighted by atomic mass is 9.62. The third kappa shape index (κ3) is 11.8. The molecular formula is C34H58N2O. The van der Waals surface area contributed by atoms with Crippen molar-refractivity contribution in [2.45, 2.75) is 119 Å². The molecule has 0 spiro atoms. The Labute approximate surface area is 229 Å². The number of carbonyl (C=O) groups is 1. The molecule has 1 N–H and O–H groups in total. The molecular weight excluding hydrogens is 452 g/mol. The standard InChI is InChI=1S/C34H58N2O/c1-9-31-23-30-20-29(8)21-32(24-30)34(31)35-17-19-36(18-16-27(6)14-10-12-25(2)3)33(37)22-28(7)15-11-13-26(4)5/h12-13,16,22,29-32,34-35H,9-11,14-15,17-21,23-24H2,1-8H3/b27-16+,28-22+. The van der Waals surface area contributed by atoms with E-state index in [1.807, 2.05) is 6.08 Å². The Hall–Kier alpha value is -1.61. The molecule has 5 atom stereocenters. The van der Waals surface area contributed by atoms with E-state index in [0.717, 1.165) is 62.4 Å². The van der Waals surface area contributed by atoms with E-state index < -0.39 is 0 Å². The molecule has 0 radical (unpaired) electrons. The van der Waals surface area contributed by atoms with E-state index in [9.17, 15) is 4.79 Å². The van der Waals surface area contributed by atoms with Crippen LogP contribution >= 0.6 is 0 Å². The van der Waals surface area contributed by atoms with Gasteiger partial charge in [-0.3, -0.25) is 4.79 Å². The first-order valence-electron chi connectivity index (χ1n) is 15.2. The molecule has 210 valence electrons. The van der Waals surface area contributed by atoms with E-state index in [2.05, 4.69) is 83.8 Å². The first kappa shape index (κ1) is 31.6. The summed E-state index contributed by atoms with van der Waals surface area (Å²) in [6.45, 7) is 20.0. The SMILES string of the molecule is CCC1CC2CC(C)CC(C2)C1NCCN(C/C=C(\C)CCC=C(C)C)C(=O)/C=C(\C)CCC=C(C)C. The van der Waals surface area contributed by atoms with Crippen LogP contribution in [-0.2, 0) is 4.79 Å². The van der Waals surface area contributed by atoms with Gasteiger partial charge in [0, 0.05) is 31.8 Å². The van der Waals surface area contributed by atoms with Crippen LogP contribution in [0.4, 0.5) is 0 Å². The molecule has 2 bridgehead atoms. The van der Waals surface area contributed by atoms with Crippen LogP contribution in [0.2, 0.25) is 0 Å². The number of allylic oxidation sites excluding steroid dienone is 6. The van der Waals surface area contributed by atoms with Gasteiger partial charge in [0.2, 0.25) is 5.91 Å². The summed E-state index contributed by atoms with van der Waals surface area (Å²) in [5, 5.41) is 3.97. The van der Waals surface area contributed by atoms with E-state index >= 15 is 0 Å². The van der Waals surface area contributed by atoms with Crippen LogP contribution in [0.25, 0.3) is 0 Å². The molecule has 2 fully saturated rings. The molecule has 3 nitrogen and oxygen atoms in total. The lowest BCUT2D eigenvalue weighted by Crippen LogP contribution is -2.51. The number of hydrogen-bond donors (Lipinski definition) is 1. The van der Waals surface area contributed by atoms with Gasteiger partial charge in [0.15, 0.2) is 0 Å². The highest BCUT2D eigenvalue weighted by Crippen LogP contribution is 2.45. The molecule has 2 rings (SSSR count). The molecule has 5 unspecified atom stereocenters. The fourth-order valence-corrected chi connectivity index (χ4v) is 6.58. The Bertz CT molecular complexity index is 823. The van der Waals surface area contributed by atoms with E-state index in [1.54, 1.807) is 0 Å². The van der Waals surface area contributed by atoms with Crippen molar-refractivity contribution in [1.82, 2.24) is 10.2 Å². The van der Waals surface area contributed by atoms with Crippen molar-refractivity contribution in [3.8, 4) is 0 Å². The zero-order chi connectivity index (χ0) is 27.4. The number of amides is 1. The molecule has 2 aliphatic rings. The minimum atomic E-state index is 0.159. The number of nitrogens with zero attached hydrogens (tertiary/aromatic N) is 1. The highest BCUT2D eigenvalue weighted by molar-refractivity contribution is 5.88. The van der Waals surface area contributed by atoms with E-state index in [4.69, 9.17) is 0 Å². The van der Waals surface area contributed by atoms with Crippen molar-refractivity contribution in [2.75, 3.05) is 19.6 Å². The number of hydrogen-bond acceptors (Lipinski definition) is 2. The first-order valence-corrected chi connectivity index (χ1v) is 15.2. The molecule has 3 heteroatoms. The first-order chi connectivity index (χ1) is 17.6. The predicted octanol–water partition coefficient (Wildman–Crippen LogP) is 8.64. The van der Waals surface area contributed by atoms with Gasteiger partial charge < -0.3 is 10.2 Å². The maximum Gasteiger partial charge on any atom is 0.246 e. The molecule has 0 aromatic carbocycles. The maximum absolute atomic E-state index is 13.4. The van der Waals surface area contributed by atoms with Crippen molar-refractivity contribution in [1.29, 1.82) is 0 Å². The number of rotatable bonds is 14. The number of nitrogens with one attached hydrogen (secondary N) is 1. The second-order valence-electron chi connectivity index (χ2n) is 12.8. The van der Waals surface area contributed by atoms with Crippen LogP contribution in [0.5, 0.6) is 0 Å². The fourth-order valence-electron chi connectivity index (χ4n) is 6.58. The smallest absolute Gasteiger partial charge is 0.246 e. The van der Waals surface area contributed by atoms with E-state index in [1.165, 1.54) is 54.4 Å². The molecule has 2 aliphatic carbocycles. The van der Waals surface area contributed by atoms with Crippen LogP contribution in [0.15, 0.2) is 46.6 Å². The minimum Gasteiger partial charge on any atom is -0.334 e. The molecule has 1 amide bonds. The third-order valence-electron chi connectivity index (χ3n) is 8.54. The summed E-state index contributed by atoms with van der Waals surface area (Å²) in [5.41, 5.74) is 5.25. The normalized spacial score (nSPS) is 26.0. The van der Waals surface area contributed by atoms with Gasteiger partial charge in [0.1, 0.15) is 0 Å². The summed E-state index contributed by atoms with van der Waals surface area (Å²) in [5.74, 6) is 3.56. The minimum absolute atomic E-state index is 0.159. The zero-order valence-corrected chi connectivity index (χ0v) is 25.5. The summed E-state index contributed by atoms with van der Waals surface area (Å²) in [6, 6.07) is 0.614. The van der Waals surface area contributed by atoms with Crippen molar-refractivity contribution in [3.63, 3.8) is 0 Å². The molecule has 37 heavy (non-hydrogen) atoms. The second-order valence-corrected chi connectivity index (χ2v) is 12.8. The second kappa shape index (κ2) is 16.4. The predicted molar refractivity (Wildman–Crippen MR) is 162 cm³/mol. The summed E-state index contributed by atoms with van der Waals surface area (Å²) in [6.07, 6.45) is 19.7. The van der Waals surface area contributed by atoms with Gasteiger partial charge in [0.25, 0.3) is 0 Å². The third-order valence-corrected chi connectivity index (χ3v) is 8.54. The van der Waals surface area contributed by atoms with Gasteiger partial charge >= 0.3 is 0 Å². The number of fused-ring (bicyclic) bond motifs is 2. The average molecular weight is 511 g/mol. The van der Waals surface area contributed by atoms with Gasteiger partial charge in [-0.1, -0.05) is 60.8 Å². The largest absolute Gasteiger partial charge is 0.334 e. The maximum atomic E-state index is 13.4. The monoisotopic (exact) mass is 510 g/mol. The van der Waals surface area contributed by atoms with Gasteiger partial charge in [-0.15, -0.1) is 0 Å². The molecule has 0 saturated heterocycles. The molecule has 2 saturated carbocycles. The van der Waals surface area contributed by atoms with Gasteiger partial charge in [0.05, 0.1) is 0 Å². The van der Waals surface area contributed by atoms with Gasteiger partial charge in [-0.25, -0.2) is 0 Å². The average Bonchev–Trinajstić information content (AvgIpc) is 2.81. The Morgan fingerprint density at radius 1 is 0.865 bits per heavy atom. The summed E-state index contributed by atoms with van der Waals surface area (Å²) in [7, 11) is 0. The van der Waals surface area contributed by atoms with Gasteiger partial charge in [-0.05, 0) is 117 Å². The van der Waals surface area contributed by atoms with Gasteiger partial charge in [-0.2, -0.15) is 0 Å². The highest BCUT2D eigenvalue weighted by Gasteiger charge is 2.40.